The predicted molar refractivity (Wildman–Crippen MR) is 76.3 cm³/mol. The Hall–Kier alpha value is -2.30. The second-order valence-electron chi connectivity index (χ2n) is 4.66. The summed E-state index contributed by atoms with van der Waals surface area (Å²) >= 11 is 0. The normalized spacial score (nSPS) is 10.6. The van der Waals surface area contributed by atoms with Crippen LogP contribution < -0.4 is 5.32 Å². The van der Waals surface area contributed by atoms with E-state index in [0.29, 0.717) is 12.5 Å². The molecule has 1 N–H and O–H groups in total. The van der Waals surface area contributed by atoms with Crippen LogP contribution in [0.1, 0.15) is 42.7 Å². The molecule has 0 fully saturated rings. The second kappa shape index (κ2) is 6.23. The molecule has 5 nitrogen and oxygen atoms in total. The lowest BCUT2D eigenvalue weighted by Gasteiger charge is -2.07. The fourth-order valence-electron chi connectivity index (χ4n) is 1.73. The van der Waals surface area contributed by atoms with Gasteiger partial charge in [0.25, 0.3) is 6.01 Å². The lowest BCUT2D eigenvalue weighted by Crippen LogP contribution is -2.05. The highest BCUT2D eigenvalue weighted by molar-refractivity contribution is 5.87. The third kappa shape index (κ3) is 3.38. The molecule has 1 aromatic carbocycles. The molecule has 2 aromatic rings. The van der Waals surface area contributed by atoms with E-state index < -0.39 is 5.97 Å². The average Bonchev–Trinajstić information content (AvgIpc) is 2.88. The van der Waals surface area contributed by atoms with Gasteiger partial charge in [-0.1, -0.05) is 26.0 Å². The van der Waals surface area contributed by atoms with Crippen molar-refractivity contribution in [3.8, 4) is 0 Å². The zero-order chi connectivity index (χ0) is 14.5. The molecule has 0 atom stereocenters. The molecular formula is C15H18N2O3. The maximum atomic E-state index is 11.5. The van der Waals surface area contributed by atoms with Crippen LogP contribution >= 0.6 is 0 Å². The molecular weight excluding hydrogens is 256 g/mol. The van der Waals surface area contributed by atoms with E-state index in [0.717, 1.165) is 5.69 Å². The molecule has 0 aliphatic carbocycles. The zero-order valence-electron chi connectivity index (χ0n) is 11.8. The van der Waals surface area contributed by atoms with Gasteiger partial charge < -0.3 is 14.5 Å². The Bertz CT molecular complexity index is 590. The number of carbonyl (C=O) groups excluding carboxylic acids is 1. The standard InChI is InChI=1S/C15H18N2O3/c1-4-19-14(18)13-9-20-15(17-13)16-12-7-5-6-11(8-12)10(2)3/h5-10H,4H2,1-3H3,(H,16,17). The van der Waals surface area contributed by atoms with Gasteiger partial charge in [-0.15, -0.1) is 0 Å². The Morgan fingerprint density at radius 2 is 2.25 bits per heavy atom. The van der Waals surface area contributed by atoms with Crippen molar-refractivity contribution in [1.82, 2.24) is 4.98 Å². The van der Waals surface area contributed by atoms with Gasteiger partial charge in [-0.3, -0.25) is 0 Å². The van der Waals surface area contributed by atoms with Crippen LogP contribution in [0.25, 0.3) is 0 Å². The van der Waals surface area contributed by atoms with E-state index in [1.807, 2.05) is 18.2 Å². The van der Waals surface area contributed by atoms with Crippen molar-refractivity contribution in [1.29, 1.82) is 0 Å². The maximum absolute atomic E-state index is 11.5. The van der Waals surface area contributed by atoms with Gasteiger partial charge in [-0.05, 0) is 30.5 Å². The smallest absolute Gasteiger partial charge is 0.360 e. The highest BCUT2D eigenvalue weighted by Gasteiger charge is 2.13. The van der Waals surface area contributed by atoms with Gasteiger partial charge in [0.2, 0.25) is 0 Å². The summed E-state index contributed by atoms with van der Waals surface area (Å²) in [5.74, 6) is -0.0448. The third-order valence-electron chi connectivity index (χ3n) is 2.79. The Labute approximate surface area is 118 Å². The maximum Gasteiger partial charge on any atom is 0.360 e. The van der Waals surface area contributed by atoms with Crippen LogP contribution in [0.2, 0.25) is 0 Å². The van der Waals surface area contributed by atoms with Crippen molar-refractivity contribution in [2.24, 2.45) is 0 Å². The molecule has 1 heterocycles. The lowest BCUT2D eigenvalue weighted by molar-refractivity contribution is 0.0519. The summed E-state index contributed by atoms with van der Waals surface area (Å²) in [6, 6.07) is 8.25. The molecule has 0 aliphatic heterocycles. The van der Waals surface area contributed by atoms with Gasteiger partial charge in [0.1, 0.15) is 6.26 Å². The van der Waals surface area contributed by atoms with Gasteiger partial charge in [0.05, 0.1) is 6.61 Å². The number of hydrogen-bond donors (Lipinski definition) is 1. The van der Waals surface area contributed by atoms with Crippen molar-refractivity contribution < 1.29 is 13.9 Å². The first-order chi connectivity index (χ1) is 9.60. The number of esters is 1. The van der Waals surface area contributed by atoms with E-state index in [2.05, 4.69) is 30.2 Å². The van der Waals surface area contributed by atoms with Crippen LogP contribution in [-0.4, -0.2) is 17.6 Å². The largest absolute Gasteiger partial charge is 0.461 e. The zero-order valence-corrected chi connectivity index (χ0v) is 11.8. The Balaban J connectivity index is 2.10. The summed E-state index contributed by atoms with van der Waals surface area (Å²) in [7, 11) is 0. The van der Waals surface area contributed by atoms with Crippen LogP contribution in [0.3, 0.4) is 0 Å². The summed E-state index contributed by atoms with van der Waals surface area (Å²) in [5, 5.41) is 3.03. The number of nitrogens with one attached hydrogen (secondary N) is 1. The third-order valence-corrected chi connectivity index (χ3v) is 2.79. The summed E-state index contributed by atoms with van der Waals surface area (Å²) in [6.07, 6.45) is 1.28. The van der Waals surface area contributed by atoms with Gasteiger partial charge >= 0.3 is 5.97 Å². The van der Waals surface area contributed by atoms with E-state index in [4.69, 9.17) is 9.15 Å². The molecule has 0 saturated heterocycles. The summed E-state index contributed by atoms with van der Waals surface area (Å²) in [6.45, 7) is 6.31. The fourth-order valence-corrected chi connectivity index (χ4v) is 1.73. The number of anilines is 2. The van der Waals surface area contributed by atoms with E-state index in [1.54, 1.807) is 6.92 Å². The number of hydrogen-bond acceptors (Lipinski definition) is 5. The summed E-state index contributed by atoms with van der Waals surface area (Å²) < 4.78 is 10.1. The van der Waals surface area contributed by atoms with Crippen molar-refractivity contribution in [3.63, 3.8) is 0 Å². The minimum Gasteiger partial charge on any atom is -0.461 e. The first kappa shape index (κ1) is 14.1. The monoisotopic (exact) mass is 274 g/mol. The minimum atomic E-state index is -0.486. The van der Waals surface area contributed by atoms with Gasteiger partial charge in [0.15, 0.2) is 5.69 Å². The Morgan fingerprint density at radius 1 is 1.45 bits per heavy atom. The van der Waals surface area contributed by atoms with Crippen LogP contribution in [0, 0.1) is 0 Å². The first-order valence-corrected chi connectivity index (χ1v) is 6.59. The molecule has 0 radical (unpaired) electrons. The predicted octanol–water partition coefficient (Wildman–Crippen LogP) is 3.72. The number of oxazole rings is 1. The highest BCUT2D eigenvalue weighted by Crippen LogP contribution is 2.21. The number of nitrogens with zero attached hydrogens (tertiary/aromatic N) is 1. The van der Waals surface area contributed by atoms with Crippen LogP contribution in [0.5, 0.6) is 0 Å². The molecule has 106 valence electrons. The van der Waals surface area contributed by atoms with Crippen LogP contribution in [-0.2, 0) is 4.74 Å². The molecule has 0 saturated carbocycles. The van der Waals surface area contributed by atoms with Gasteiger partial charge in [-0.25, -0.2) is 4.79 Å². The quantitative estimate of drug-likeness (QED) is 0.842. The number of rotatable bonds is 5. The van der Waals surface area contributed by atoms with Gasteiger partial charge in [0, 0.05) is 5.69 Å². The van der Waals surface area contributed by atoms with E-state index in [-0.39, 0.29) is 11.7 Å². The average molecular weight is 274 g/mol. The van der Waals surface area contributed by atoms with E-state index in [1.165, 1.54) is 11.8 Å². The molecule has 0 bridgehead atoms. The molecule has 0 unspecified atom stereocenters. The Kier molecular flexibility index (Phi) is 4.40. The minimum absolute atomic E-state index is 0.161. The molecule has 2 rings (SSSR count). The highest BCUT2D eigenvalue weighted by atomic mass is 16.5. The van der Waals surface area contributed by atoms with E-state index >= 15 is 0 Å². The summed E-state index contributed by atoms with van der Waals surface area (Å²) in [4.78, 5) is 15.5. The fraction of sp³-hybridized carbons (Fsp3) is 0.333. The number of ether oxygens (including phenoxy) is 1. The second-order valence-corrected chi connectivity index (χ2v) is 4.66. The van der Waals surface area contributed by atoms with Crippen molar-refractivity contribution >= 4 is 17.7 Å². The van der Waals surface area contributed by atoms with Crippen molar-refractivity contribution in [2.45, 2.75) is 26.7 Å². The lowest BCUT2D eigenvalue weighted by atomic mass is 10.0. The number of benzene rings is 1. The van der Waals surface area contributed by atoms with Crippen LogP contribution in [0.15, 0.2) is 34.9 Å². The van der Waals surface area contributed by atoms with E-state index in [9.17, 15) is 4.79 Å². The molecule has 5 heteroatoms. The molecule has 0 aliphatic rings. The van der Waals surface area contributed by atoms with Crippen molar-refractivity contribution in [3.05, 3.63) is 41.8 Å². The molecule has 0 spiro atoms. The van der Waals surface area contributed by atoms with Crippen LogP contribution in [0.4, 0.5) is 11.7 Å². The number of aromatic nitrogens is 1. The Morgan fingerprint density at radius 3 is 2.95 bits per heavy atom. The topological polar surface area (TPSA) is 64.4 Å². The molecule has 20 heavy (non-hydrogen) atoms. The molecule has 1 aromatic heterocycles. The van der Waals surface area contributed by atoms with Crippen molar-refractivity contribution in [2.75, 3.05) is 11.9 Å². The first-order valence-electron chi connectivity index (χ1n) is 6.59. The SMILES string of the molecule is CCOC(=O)c1coc(Nc2cccc(C(C)C)c2)n1. The number of carbonyl (C=O) groups is 1. The molecule has 0 amide bonds. The van der Waals surface area contributed by atoms with Gasteiger partial charge in [-0.2, -0.15) is 4.98 Å². The summed E-state index contributed by atoms with van der Waals surface area (Å²) in [5.41, 5.74) is 2.25.